The van der Waals surface area contributed by atoms with Gasteiger partial charge >= 0.3 is 0 Å². The Balaban J connectivity index is 1.66. The number of hydrogen-bond acceptors (Lipinski definition) is 6. The fraction of sp³-hybridized carbons (Fsp3) is 0.240. The molecule has 0 saturated heterocycles. The third kappa shape index (κ3) is 7.26. The van der Waals surface area contributed by atoms with Crippen LogP contribution in [0.5, 0.6) is 23.0 Å². The maximum absolute atomic E-state index is 6.07. The topological polar surface area (TPSA) is 61.3 Å². The maximum Gasteiger partial charge on any atom is 0.175 e. The van der Waals surface area contributed by atoms with Crippen LogP contribution in [0.1, 0.15) is 23.6 Å². The lowest BCUT2D eigenvalue weighted by Crippen LogP contribution is -2.06. The van der Waals surface area contributed by atoms with Crippen LogP contribution in [0.25, 0.3) is 0 Å². The van der Waals surface area contributed by atoms with E-state index in [1.54, 1.807) is 20.4 Å². The molecular formula is C25H26BrIN2O4. The molecule has 3 rings (SSSR count). The van der Waals surface area contributed by atoms with E-state index in [9.17, 15) is 0 Å². The summed E-state index contributed by atoms with van der Waals surface area (Å²) < 4.78 is 24.5. The number of methoxy groups -OCH3 is 2. The average molecular weight is 625 g/mol. The molecule has 33 heavy (non-hydrogen) atoms. The Morgan fingerprint density at radius 3 is 2.33 bits per heavy atom. The van der Waals surface area contributed by atoms with Gasteiger partial charge in [0.05, 0.1) is 38.1 Å². The van der Waals surface area contributed by atoms with Crippen LogP contribution in [0.4, 0.5) is 0 Å². The molecule has 0 aliphatic rings. The summed E-state index contributed by atoms with van der Waals surface area (Å²) in [6, 6.07) is 17.9. The van der Waals surface area contributed by atoms with Crippen LogP contribution in [0.3, 0.4) is 0 Å². The predicted molar refractivity (Wildman–Crippen MR) is 143 cm³/mol. The smallest absolute Gasteiger partial charge is 0.175 e. The highest BCUT2D eigenvalue weighted by Gasteiger charge is 2.12. The molecule has 0 spiro atoms. The molecule has 0 amide bonds. The zero-order valence-electron chi connectivity index (χ0n) is 18.7. The second-order valence-electron chi connectivity index (χ2n) is 6.96. The highest BCUT2D eigenvalue weighted by atomic mass is 127. The van der Waals surface area contributed by atoms with E-state index in [0.29, 0.717) is 42.8 Å². The number of hydrazone groups is 1. The van der Waals surface area contributed by atoms with Crippen molar-refractivity contribution in [1.82, 2.24) is 5.43 Å². The monoisotopic (exact) mass is 624 g/mol. The first-order chi connectivity index (χ1) is 16.0. The number of hydrogen-bond donors (Lipinski definition) is 1. The molecule has 0 aliphatic carbocycles. The zero-order chi connectivity index (χ0) is 23.6. The second kappa shape index (κ2) is 12.7. The lowest BCUT2D eigenvalue weighted by Gasteiger charge is -2.15. The molecule has 3 aromatic carbocycles. The van der Waals surface area contributed by atoms with Gasteiger partial charge in [-0.2, -0.15) is 5.10 Å². The van der Waals surface area contributed by atoms with Gasteiger partial charge in [-0.1, -0.05) is 18.2 Å². The fourth-order valence-corrected chi connectivity index (χ4v) is 3.98. The zero-order valence-corrected chi connectivity index (χ0v) is 22.5. The highest BCUT2D eigenvalue weighted by molar-refractivity contribution is 14.1. The minimum absolute atomic E-state index is 0.454. The minimum atomic E-state index is 0.454. The van der Waals surface area contributed by atoms with Gasteiger partial charge in [0.15, 0.2) is 23.0 Å². The van der Waals surface area contributed by atoms with Crippen LogP contribution >= 0.6 is 38.5 Å². The number of halogens is 2. The van der Waals surface area contributed by atoms with Crippen LogP contribution in [-0.2, 0) is 13.2 Å². The molecule has 174 valence electrons. The van der Waals surface area contributed by atoms with Crippen molar-refractivity contribution >= 4 is 44.7 Å². The normalized spacial score (nSPS) is 10.8. The Kier molecular flexibility index (Phi) is 9.68. The maximum atomic E-state index is 6.07. The predicted octanol–water partition coefficient (Wildman–Crippen LogP) is 6.17. The molecule has 0 unspecified atom stereocenters. The molecular weight excluding hydrogens is 599 g/mol. The Hall–Kier alpha value is -2.46. The van der Waals surface area contributed by atoms with Crippen LogP contribution in [0.15, 0.2) is 64.2 Å². The molecule has 3 aromatic rings. The SMILES string of the molecule is CCOc1cc(/C=N\NCc2ccc(OC)c(OC)c2)cc(Br)c1OCc1ccc(I)cc1. The molecule has 0 aromatic heterocycles. The van der Waals surface area contributed by atoms with Crippen LogP contribution in [-0.4, -0.2) is 27.0 Å². The van der Waals surface area contributed by atoms with Crippen molar-refractivity contribution in [3.63, 3.8) is 0 Å². The Bertz CT molecular complexity index is 1090. The Labute approximate surface area is 216 Å². The van der Waals surface area contributed by atoms with Gasteiger partial charge in [-0.3, -0.25) is 0 Å². The Morgan fingerprint density at radius 2 is 1.64 bits per heavy atom. The summed E-state index contributed by atoms with van der Waals surface area (Å²) in [6.45, 7) is 3.48. The third-order valence-corrected chi connectivity index (χ3v) is 5.97. The first kappa shape index (κ1) is 25.2. The van der Waals surface area contributed by atoms with Gasteiger partial charge in [0, 0.05) is 3.57 Å². The standard InChI is InChI=1S/C25H26BrIN2O4/c1-4-32-24-13-19(11-21(26)25(24)33-16-17-5-8-20(27)9-6-17)15-29-28-14-18-7-10-22(30-2)23(12-18)31-3/h5-13,15,28H,4,14,16H2,1-3H3/b29-15-. The molecule has 0 radical (unpaired) electrons. The molecule has 0 fully saturated rings. The summed E-state index contributed by atoms with van der Waals surface area (Å²) in [5.41, 5.74) is 6.06. The van der Waals surface area contributed by atoms with E-state index in [4.69, 9.17) is 18.9 Å². The van der Waals surface area contributed by atoms with E-state index >= 15 is 0 Å². The van der Waals surface area contributed by atoms with Crippen molar-refractivity contribution in [2.24, 2.45) is 5.10 Å². The quantitative estimate of drug-likeness (QED) is 0.157. The van der Waals surface area contributed by atoms with Crippen molar-refractivity contribution in [3.8, 4) is 23.0 Å². The summed E-state index contributed by atoms with van der Waals surface area (Å²) in [5, 5.41) is 4.34. The average Bonchev–Trinajstić information content (AvgIpc) is 2.82. The van der Waals surface area contributed by atoms with E-state index in [1.807, 2.05) is 37.3 Å². The van der Waals surface area contributed by atoms with E-state index in [1.165, 1.54) is 3.57 Å². The van der Waals surface area contributed by atoms with Crippen LogP contribution in [0.2, 0.25) is 0 Å². The number of nitrogens with one attached hydrogen (secondary N) is 1. The molecule has 0 heterocycles. The van der Waals surface area contributed by atoms with Crippen molar-refractivity contribution in [1.29, 1.82) is 0 Å². The van der Waals surface area contributed by atoms with Crippen LogP contribution in [0, 0.1) is 3.57 Å². The molecule has 0 saturated carbocycles. The lowest BCUT2D eigenvalue weighted by molar-refractivity contribution is 0.267. The molecule has 8 heteroatoms. The van der Waals surface area contributed by atoms with Gasteiger partial charge in [0.25, 0.3) is 0 Å². The largest absolute Gasteiger partial charge is 0.493 e. The lowest BCUT2D eigenvalue weighted by atomic mass is 10.2. The minimum Gasteiger partial charge on any atom is -0.493 e. The number of nitrogens with zero attached hydrogens (tertiary/aromatic N) is 1. The fourth-order valence-electron chi connectivity index (χ4n) is 3.05. The Morgan fingerprint density at radius 1 is 0.909 bits per heavy atom. The summed E-state index contributed by atoms with van der Waals surface area (Å²) in [7, 11) is 3.24. The van der Waals surface area contributed by atoms with E-state index in [2.05, 4.69) is 73.3 Å². The van der Waals surface area contributed by atoms with Gasteiger partial charge in [0.2, 0.25) is 0 Å². The van der Waals surface area contributed by atoms with Gasteiger partial charge < -0.3 is 24.4 Å². The van der Waals surface area contributed by atoms with Crippen molar-refractivity contribution in [2.75, 3.05) is 20.8 Å². The molecule has 1 N–H and O–H groups in total. The summed E-state index contributed by atoms with van der Waals surface area (Å²) in [5.74, 6) is 2.72. The van der Waals surface area contributed by atoms with E-state index in [0.717, 1.165) is 21.2 Å². The van der Waals surface area contributed by atoms with E-state index in [-0.39, 0.29) is 0 Å². The van der Waals surface area contributed by atoms with Crippen LogP contribution < -0.4 is 24.4 Å². The number of rotatable bonds is 11. The van der Waals surface area contributed by atoms with Gasteiger partial charge in [-0.25, -0.2) is 0 Å². The summed E-state index contributed by atoms with van der Waals surface area (Å²) in [6.07, 6.45) is 1.75. The first-order valence-corrected chi connectivity index (χ1v) is 12.2. The van der Waals surface area contributed by atoms with Gasteiger partial charge in [-0.15, -0.1) is 0 Å². The number of ether oxygens (including phenoxy) is 4. The first-order valence-electron chi connectivity index (χ1n) is 10.3. The number of benzene rings is 3. The molecule has 0 atom stereocenters. The van der Waals surface area contributed by atoms with Crippen molar-refractivity contribution < 1.29 is 18.9 Å². The molecule has 0 bridgehead atoms. The highest BCUT2D eigenvalue weighted by Crippen LogP contribution is 2.37. The van der Waals surface area contributed by atoms with Gasteiger partial charge in [0.1, 0.15) is 6.61 Å². The van der Waals surface area contributed by atoms with E-state index < -0.39 is 0 Å². The molecule has 0 aliphatic heterocycles. The summed E-state index contributed by atoms with van der Waals surface area (Å²) >= 11 is 5.90. The molecule has 6 nitrogen and oxygen atoms in total. The van der Waals surface area contributed by atoms with Crippen molar-refractivity contribution in [2.45, 2.75) is 20.1 Å². The summed E-state index contributed by atoms with van der Waals surface area (Å²) in [4.78, 5) is 0. The van der Waals surface area contributed by atoms with Gasteiger partial charge in [-0.05, 0) is 98.5 Å². The second-order valence-corrected chi connectivity index (χ2v) is 9.06. The van der Waals surface area contributed by atoms with Crippen molar-refractivity contribution in [3.05, 3.63) is 79.3 Å². The third-order valence-electron chi connectivity index (χ3n) is 4.66.